The number of hydrogen-bond donors (Lipinski definition) is 2. The number of halogens is 3. The predicted molar refractivity (Wildman–Crippen MR) is 89.8 cm³/mol. The van der Waals surface area contributed by atoms with E-state index in [4.69, 9.17) is 41.2 Å². The highest BCUT2D eigenvalue weighted by Crippen LogP contribution is 2.29. The number of hydrogen-bond acceptors (Lipinski definition) is 2. The van der Waals surface area contributed by atoms with Crippen LogP contribution in [0.4, 0.5) is 11.4 Å². The van der Waals surface area contributed by atoms with Gasteiger partial charge in [-0.05, 0) is 52.3 Å². The van der Waals surface area contributed by atoms with Crippen molar-refractivity contribution < 1.29 is 0 Å². The number of nitrogens with two attached hydrogens (primary N) is 1. The first kappa shape index (κ1) is 14.6. The zero-order chi connectivity index (χ0) is 14.0. The van der Waals surface area contributed by atoms with E-state index in [1.54, 1.807) is 18.2 Å². The molecular formula is C13H9BrCl2N2S. The van der Waals surface area contributed by atoms with E-state index in [0.717, 1.165) is 21.4 Å². The first-order chi connectivity index (χ1) is 8.95. The molecule has 0 bridgehead atoms. The minimum Gasteiger partial charge on any atom is -0.389 e. The smallest absolute Gasteiger partial charge is 0.104 e. The summed E-state index contributed by atoms with van der Waals surface area (Å²) >= 11 is 20.3. The van der Waals surface area contributed by atoms with Crippen molar-refractivity contribution in [3.8, 4) is 0 Å². The Morgan fingerprint density at radius 3 is 2.26 bits per heavy atom. The first-order valence-corrected chi connectivity index (χ1v) is 7.24. The van der Waals surface area contributed by atoms with Crippen LogP contribution in [0.25, 0.3) is 0 Å². The standard InChI is InChI=1S/C13H9BrCl2N2S/c14-11-3-7(13(17)19)1-2-12(11)18-10-5-8(15)4-9(16)6-10/h1-6,18H,(H2,17,19). The highest BCUT2D eigenvalue weighted by atomic mass is 79.9. The molecule has 2 aromatic carbocycles. The summed E-state index contributed by atoms with van der Waals surface area (Å²) in [6, 6.07) is 10.9. The fourth-order valence-corrected chi connectivity index (χ4v) is 2.68. The third kappa shape index (κ3) is 3.83. The van der Waals surface area contributed by atoms with Gasteiger partial charge in [0.1, 0.15) is 4.99 Å². The second-order valence-corrected chi connectivity index (χ2v) is 6.01. The lowest BCUT2D eigenvalue weighted by Crippen LogP contribution is -2.09. The minimum absolute atomic E-state index is 0.359. The molecule has 2 rings (SSSR count). The normalized spacial score (nSPS) is 10.3. The molecule has 0 aromatic heterocycles. The number of nitrogens with one attached hydrogen (secondary N) is 1. The van der Waals surface area contributed by atoms with E-state index in [0.29, 0.717) is 15.0 Å². The molecule has 3 N–H and O–H groups in total. The van der Waals surface area contributed by atoms with E-state index < -0.39 is 0 Å². The molecule has 0 aliphatic heterocycles. The number of thiocarbonyl (C=S) groups is 1. The second-order valence-electron chi connectivity index (χ2n) is 3.84. The summed E-state index contributed by atoms with van der Waals surface area (Å²) < 4.78 is 0.855. The predicted octanol–water partition coefficient (Wildman–Crippen LogP) is 5.13. The maximum absolute atomic E-state index is 5.95. The molecule has 2 nitrogen and oxygen atoms in total. The van der Waals surface area contributed by atoms with Gasteiger partial charge in [0.15, 0.2) is 0 Å². The van der Waals surface area contributed by atoms with Crippen molar-refractivity contribution in [2.45, 2.75) is 0 Å². The van der Waals surface area contributed by atoms with Crippen molar-refractivity contribution in [1.29, 1.82) is 0 Å². The Bertz CT molecular complexity index is 626. The summed E-state index contributed by atoms with van der Waals surface area (Å²) in [6.07, 6.45) is 0. The minimum atomic E-state index is 0.359. The van der Waals surface area contributed by atoms with Gasteiger partial charge in [0, 0.05) is 25.8 Å². The molecule has 0 saturated carbocycles. The summed E-state index contributed by atoms with van der Waals surface area (Å²) in [4.78, 5) is 0.359. The van der Waals surface area contributed by atoms with Gasteiger partial charge in [-0.2, -0.15) is 0 Å². The first-order valence-electron chi connectivity index (χ1n) is 5.28. The lowest BCUT2D eigenvalue weighted by atomic mass is 10.2. The average Bonchev–Trinajstić information content (AvgIpc) is 2.30. The van der Waals surface area contributed by atoms with Gasteiger partial charge in [-0.3, -0.25) is 0 Å². The van der Waals surface area contributed by atoms with Crippen LogP contribution in [0.1, 0.15) is 5.56 Å². The van der Waals surface area contributed by atoms with Gasteiger partial charge in [0.2, 0.25) is 0 Å². The van der Waals surface area contributed by atoms with Crippen LogP contribution < -0.4 is 11.1 Å². The van der Waals surface area contributed by atoms with Crippen LogP contribution in [0.15, 0.2) is 40.9 Å². The fraction of sp³-hybridized carbons (Fsp3) is 0. The Kier molecular flexibility index (Phi) is 4.68. The molecule has 2 aromatic rings. The summed E-state index contributed by atoms with van der Waals surface area (Å²) in [6.45, 7) is 0. The largest absolute Gasteiger partial charge is 0.389 e. The molecule has 0 saturated heterocycles. The van der Waals surface area contributed by atoms with E-state index in [1.807, 2.05) is 18.2 Å². The molecule has 0 aliphatic carbocycles. The van der Waals surface area contributed by atoms with Crippen molar-refractivity contribution in [2.24, 2.45) is 5.73 Å². The summed E-state index contributed by atoms with van der Waals surface area (Å²) in [7, 11) is 0. The molecule has 0 fully saturated rings. The summed E-state index contributed by atoms with van der Waals surface area (Å²) in [5.41, 5.74) is 8.06. The second kappa shape index (κ2) is 6.09. The molecule has 0 atom stereocenters. The Morgan fingerprint density at radius 1 is 1.11 bits per heavy atom. The molecule has 0 aliphatic rings. The average molecular weight is 376 g/mol. The highest BCUT2D eigenvalue weighted by molar-refractivity contribution is 9.10. The van der Waals surface area contributed by atoms with Gasteiger partial charge in [-0.25, -0.2) is 0 Å². The monoisotopic (exact) mass is 374 g/mol. The van der Waals surface area contributed by atoms with Gasteiger partial charge in [0.25, 0.3) is 0 Å². The SMILES string of the molecule is NC(=S)c1ccc(Nc2cc(Cl)cc(Cl)c2)c(Br)c1. The van der Waals surface area contributed by atoms with Gasteiger partial charge < -0.3 is 11.1 Å². The molecule has 19 heavy (non-hydrogen) atoms. The zero-order valence-electron chi connectivity index (χ0n) is 9.58. The Labute approximate surface area is 135 Å². The van der Waals surface area contributed by atoms with Crippen molar-refractivity contribution >= 4 is 67.7 Å². The molecule has 6 heteroatoms. The number of rotatable bonds is 3. The van der Waals surface area contributed by atoms with E-state index >= 15 is 0 Å². The van der Waals surface area contributed by atoms with Crippen molar-refractivity contribution in [3.05, 3.63) is 56.5 Å². The van der Waals surface area contributed by atoms with Crippen LogP contribution in [0.2, 0.25) is 10.0 Å². The molecule has 98 valence electrons. The van der Waals surface area contributed by atoms with E-state index in [9.17, 15) is 0 Å². The van der Waals surface area contributed by atoms with Crippen LogP contribution in [0.3, 0.4) is 0 Å². The van der Waals surface area contributed by atoms with E-state index in [2.05, 4.69) is 21.2 Å². The van der Waals surface area contributed by atoms with Crippen LogP contribution in [-0.4, -0.2) is 4.99 Å². The van der Waals surface area contributed by atoms with Crippen LogP contribution in [-0.2, 0) is 0 Å². The maximum Gasteiger partial charge on any atom is 0.104 e. The van der Waals surface area contributed by atoms with Crippen molar-refractivity contribution in [2.75, 3.05) is 5.32 Å². The Hall–Kier alpha value is -0.810. The Morgan fingerprint density at radius 2 is 1.74 bits per heavy atom. The third-order valence-electron chi connectivity index (χ3n) is 2.40. The molecule has 0 spiro atoms. The molecule has 0 heterocycles. The lowest BCUT2D eigenvalue weighted by Gasteiger charge is -2.10. The quantitative estimate of drug-likeness (QED) is 0.730. The van der Waals surface area contributed by atoms with Crippen LogP contribution in [0, 0.1) is 0 Å². The molecule has 0 radical (unpaired) electrons. The van der Waals surface area contributed by atoms with Gasteiger partial charge >= 0.3 is 0 Å². The molecule has 0 unspecified atom stereocenters. The van der Waals surface area contributed by atoms with Gasteiger partial charge in [-0.1, -0.05) is 35.4 Å². The van der Waals surface area contributed by atoms with Crippen molar-refractivity contribution in [1.82, 2.24) is 0 Å². The maximum atomic E-state index is 5.95. The van der Waals surface area contributed by atoms with Crippen molar-refractivity contribution in [3.63, 3.8) is 0 Å². The zero-order valence-corrected chi connectivity index (χ0v) is 13.5. The van der Waals surface area contributed by atoms with Crippen LogP contribution >= 0.6 is 51.3 Å². The van der Waals surface area contributed by atoms with E-state index in [1.165, 1.54) is 0 Å². The highest BCUT2D eigenvalue weighted by Gasteiger charge is 2.05. The molecule has 0 amide bonds. The Balaban J connectivity index is 2.30. The molecular weight excluding hydrogens is 367 g/mol. The van der Waals surface area contributed by atoms with Crippen LogP contribution in [0.5, 0.6) is 0 Å². The summed E-state index contributed by atoms with van der Waals surface area (Å²) in [5.74, 6) is 0. The number of anilines is 2. The number of benzene rings is 2. The lowest BCUT2D eigenvalue weighted by molar-refractivity contribution is 1.51. The topological polar surface area (TPSA) is 38.0 Å². The van der Waals surface area contributed by atoms with E-state index in [-0.39, 0.29) is 0 Å². The summed E-state index contributed by atoms with van der Waals surface area (Å²) in [5, 5.41) is 4.37. The fourth-order valence-electron chi connectivity index (χ4n) is 1.55. The third-order valence-corrected chi connectivity index (χ3v) is 3.72. The van der Waals surface area contributed by atoms with Gasteiger partial charge in [0.05, 0.1) is 5.69 Å². The van der Waals surface area contributed by atoms with Gasteiger partial charge in [-0.15, -0.1) is 0 Å².